The number of carbonyl (C=O) groups is 1. The average Bonchev–Trinajstić information content (AvgIpc) is 2.60. The molecule has 0 atom stereocenters. The third-order valence-corrected chi connectivity index (χ3v) is 3.42. The van der Waals surface area contributed by atoms with Crippen LogP contribution in [0.25, 0.3) is 0 Å². The number of urea groups is 1. The minimum atomic E-state index is -4.38. The molecule has 2 N–H and O–H groups in total. The van der Waals surface area contributed by atoms with Crippen molar-refractivity contribution < 1.29 is 18.0 Å². The van der Waals surface area contributed by atoms with E-state index in [0.29, 0.717) is 13.0 Å². The van der Waals surface area contributed by atoms with Crippen molar-refractivity contribution in [3.05, 3.63) is 20.8 Å². The zero-order valence-electron chi connectivity index (χ0n) is 8.60. The van der Waals surface area contributed by atoms with E-state index in [1.54, 1.807) is 5.32 Å². The molecule has 2 amide bonds. The van der Waals surface area contributed by atoms with E-state index in [2.05, 4.69) is 21.2 Å². The molecular weight excluding hydrogens is 321 g/mol. The van der Waals surface area contributed by atoms with Crippen LogP contribution >= 0.6 is 27.3 Å². The highest BCUT2D eigenvalue weighted by Gasteiger charge is 2.27. The summed E-state index contributed by atoms with van der Waals surface area (Å²) in [5, 5.41) is 4.09. The summed E-state index contributed by atoms with van der Waals surface area (Å²) in [5.74, 6) is 0. The quantitative estimate of drug-likeness (QED) is 0.875. The van der Waals surface area contributed by atoms with Crippen LogP contribution in [0.4, 0.5) is 18.0 Å². The van der Waals surface area contributed by atoms with Gasteiger partial charge in [0.2, 0.25) is 0 Å². The van der Waals surface area contributed by atoms with E-state index in [9.17, 15) is 18.0 Å². The third kappa shape index (κ3) is 6.52. The highest BCUT2D eigenvalue weighted by atomic mass is 79.9. The largest absolute Gasteiger partial charge is 0.405 e. The van der Waals surface area contributed by atoms with E-state index in [-0.39, 0.29) is 0 Å². The van der Waals surface area contributed by atoms with Crippen molar-refractivity contribution in [2.75, 3.05) is 13.1 Å². The molecule has 1 heterocycles. The fourth-order valence-electron chi connectivity index (χ4n) is 1.03. The van der Waals surface area contributed by atoms with Crippen LogP contribution in [-0.2, 0) is 6.42 Å². The number of nitrogens with one attached hydrogen (secondary N) is 2. The predicted octanol–water partition coefficient (Wildman–Crippen LogP) is 2.91. The van der Waals surface area contributed by atoms with Gasteiger partial charge in [0.25, 0.3) is 0 Å². The normalized spacial score (nSPS) is 11.3. The summed E-state index contributed by atoms with van der Waals surface area (Å²) in [6, 6.07) is 2.96. The highest BCUT2D eigenvalue weighted by molar-refractivity contribution is 9.11. The zero-order valence-corrected chi connectivity index (χ0v) is 11.0. The Morgan fingerprint density at radius 2 is 2.06 bits per heavy atom. The molecule has 0 saturated heterocycles. The second-order valence-electron chi connectivity index (χ2n) is 3.18. The van der Waals surface area contributed by atoms with Crippen molar-refractivity contribution in [2.24, 2.45) is 0 Å². The van der Waals surface area contributed by atoms with Crippen LogP contribution in [-0.4, -0.2) is 25.3 Å². The molecule has 1 aromatic rings. The molecule has 0 aliphatic heterocycles. The van der Waals surface area contributed by atoms with Gasteiger partial charge in [0, 0.05) is 11.4 Å². The summed E-state index contributed by atoms with van der Waals surface area (Å²) in [6.07, 6.45) is -3.79. The number of thiophene rings is 1. The Balaban J connectivity index is 2.16. The third-order valence-electron chi connectivity index (χ3n) is 1.74. The van der Waals surface area contributed by atoms with Crippen molar-refractivity contribution in [3.8, 4) is 0 Å². The maximum Gasteiger partial charge on any atom is 0.405 e. The van der Waals surface area contributed by atoms with Gasteiger partial charge in [-0.15, -0.1) is 11.3 Å². The summed E-state index contributed by atoms with van der Waals surface area (Å²) < 4.78 is 36.3. The van der Waals surface area contributed by atoms with Gasteiger partial charge in [0.15, 0.2) is 0 Å². The maximum absolute atomic E-state index is 11.8. The van der Waals surface area contributed by atoms with E-state index in [1.165, 1.54) is 11.3 Å². The Kier molecular flexibility index (Phi) is 5.26. The Hall–Kier alpha value is -0.760. The molecule has 0 aromatic carbocycles. The first-order valence-corrected chi connectivity index (χ1v) is 6.30. The summed E-state index contributed by atoms with van der Waals surface area (Å²) in [7, 11) is 0. The first-order valence-electron chi connectivity index (χ1n) is 4.69. The van der Waals surface area contributed by atoms with Crippen LogP contribution in [0.1, 0.15) is 4.88 Å². The number of halogens is 4. The number of rotatable bonds is 4. The lowest BCUT2D eigenvalue weighted by molar-refractivity contribution is -0.122. The molecule has 0 radical (unpaired) electrons. The topological polar surface area (TPSA) is 41.1 Å². The Morgan fingerprint density at radius 1 is 1.35 bits per heavy atom. The van der Waals surface area contributed by atoms with E-state index < -0.39 is 18.8 Å². The SMILES string of the molecule is O=C(NCCc1ccc(Br)s1)NCC(F)(F)F. The molecule has 96 valence electrons. The summed E-state index contributed by atoms with van der Waals surface area (Å²) >= 11 is 4.82. The van der Waals surface area contributed by atoms with E-state index in [0.717, 1.165) is 8.66 Å². The zero-order chi connectivity index (χ0) is 12.9. The molecular formula is C9H10BrF3N2OS. The molecule has 0 aliphatic rings. The Bertz CT molecular complexity index is 381. The van der Waals surface area contributed by atoms with Gasteiger partial charge in [-0.2, -0.15) is 13.2 Å². The monoisotopic (exact) mass is 330 g/mol. The van der Waals surface area contributed by atoms with Crippen molar-refractivity contribution in [2.45, 2.75) is 12.6 Å². The molecule has 0 fully saturated rings. The van der Waals surface area contributed by atoms with E-state index in [1.807, 2.05) is 12.1 Å². The molecule has 0 spiro atoms. The number of amides is 2. The van der Waals surface area contributed by atoms with Gasteiger partial charge in [-0.25, -0.2) is 4.79 Å². The summed E-state index contributed by atoms with van der Waals surface area (Å²) in [6.45, 7) is -1.01. The second kappa shape index (κ2) is 6.25. The standard InChI is InChI=1S/C9H10BrF3N2OS/c10-7-2-1-6(17-7)3-4-14-8(16)15-5-9(11,12)13/h1-2H,3-5H2,(H2,14,15,16). The molecule has 0 saturated carbocycles. The maximum atomic E-state index is 11.8. The van der Waals surface area contributed by atoms with Gasteiger partial charge in [0.05, 0.1) is 3.79 Å². The van der Waals surface area contributed by atoms with Crippen LogP contribution in [0, 0.1) is 0 Å². The number of hydrogen-bond donors (Lipinski definition) is 2. The van der Waals surface area contributed by atoms with E-state index >= 15 is 0 Å². The number of carbonyl (C=O) groups excluding carboxylic acids is 1. The van der Waals surface area contributed by atoms with Gasteiger partial charge in [0.1, 0.15) is 6.54 Å². The van der Waals surface area contributed by atoms with Crippen LogP contribution in [0.15, 0.2) is 15.9 Å². The van der Waals surface area contributed by atoms with Crippen molar-refractivity contribution in [1.29, 1.82) is 0 Å². The van der Waals surface area contributed by atoms with Crippen LogP contribution < -0.4 is 10.6 Å². The Labute approximate surface area is 109 Å². The molecule has 17 heavy (non-hydrogen) atoms. The Morgan fingerprint density at radius 3 is 2.59 bits per heavy atom. The average molecular weight is 331 g/mol. The lowest BCUT2D eigenvalue weighted by Crippen LogP contribution is -2.41. The molecule has 0 aliphatic carbocycles. The van der Waals surface area contributed by atoms with Crippen LogP contribution in [0.3, 0.4) is 0 Å². The molecule has 1 rings (SSSR count). The predicted molar refractivity (Wildman–Crippen MR) is 63.2 cm³/mol. The fourth-order valence-corrected chi connectivity index (χ4v) is 2.51. The lowest BCUT2D eigenvalue weighted by atomic mass is 10.3. The summed E-state index contributed by atoms with van der Waals surface area (Å²) in [5.41, 5.74) is 0. The van der Waals surface area contributed by atoms with Crippen molar-refractivity contribution in [3.63, 3.8) is 0 Å². The smallest absolute Gasteiger partial charge is 0.338 e. The first-order chi connectivity index (χ1) is 7.87. The van der Waals surface area contributed by atoms with Crippen molar-refractivity contribution in [1.82, 2.24) is 10.6 Å². The number of alkyl halides is 3. The van der Waals surface area contributed by atoms with Gasteiger partial charge in [-0.1, -0.05) is 0 Å². The summed E-state index contributed by atoms with van der Waals surface area (Å²) in [4.78, 5) is 12.0. The molecule has 3 nitrogen and oxygen atoms in total. The van der Waals surface area contributed by atoms with Gasteiger partial charge >= 0.3 is 12.2 Å². The first kappa shape index (κ1) is 14.3. The van der Waals surface area contributed by atoms with Crippen LogP contribution in [0.2, 0.25) is 0 Å². The highest BCUT2D eigenvalue weighted by Crippen LogP contribution is 2.21. The molecule has 0 bridgehead atoms. The minimum absolute atomic E-state index is 0.302. The molecule has 0 unspecified atom stereocenters. The van der Waals surface area contributed by atoms with Gasteiger partial charge in [-0.05, 0) is 34.5 Å². The van der Waals surface area contributed by atoms with Gasteiger partial charge in [-0.3, -0.25) is 0 Å². The van der Waals surface area contributed by atoms with E-state index in [4.69, 9.17) is 0 Å². The fraction of sp³-hybridized carbons (Fsp3) is 0.444. The number of hydrogen-bond acceptors (Lipinski definition) is 2. The molecule has 1 aromatic heterocycles. The molecule has 8 heteroatoms. The lowest BCUT2D eigenvalue weighted by Gasteiger charge is -2.09. The van der Waals surface area contributed by atoms with Crippen molar-refractivity contribution >= 4 is 33.3 Å². The van der Waals surface area contributed by atoms with Gasteiger partial charge < -0.3 is 10.6 Å². The van der Waals surface area contributed by atoms with Crippen LogP contribution in [0.5, 0.6) is 0 Å². The minimum Gasteiger partial charge on any atom is -0.338 e. The second-order valence-corrected chi connectivity index (χ2v) is 5.73.